The summed E-state index contributed by atoms with van der Waals surface area (Å²) in [5.74, 6) is 0.532. The molecule has 0 nitrogen and oxygen atoms in total. The Morgan fingerprint density at radius 1 is 1.62 bits per heavy atom. The quantitative estimate of drug-likeness (QED) is 0.531. The van der Waals surface area contributed by atoms with E-state index in [1.54, 1.807) is 0 Å². The molecule has 1 unspecified atom stereocenters. The minimum absolute atomic E-state index is 0.532. The fourth-order valence-corrected chi connectivity index (χ4v) is 0.763. The Labute approximate surface area is 51.1 Å². The van der Waals surface area contributed by atoms with E-state index in [-0.39, 0.29) is 0 Å². The molecule has 0 aromatic heterocycles. The van der Waals surface area contributed by atoms with E-state index in [9.17, 15) is 4.39 Å². The highest BCUT2D eigenvalue weighted by Crippen LogP contribution is 2.10. The molecule has 49 valence electrons. The summed E-state index contributed by atoms with van der Waals surface area (Å²) in [5, 5.41) is 0. The third-order valence-electron chi connectivity index (χ3n) is 1.27. The van der Waals surface area contributed by atoms with Gasteiger partial charge < -0.3 is 0 Å². The lowest BCUT2D eigenvalue weighted by Crippen LogP contribution is -1.91. The van der Waals surface area contributed by atoms with Crippen LogP contribution in [0.5, 0.6) is 0 Å². The fourth-order valence-electron chi connectivity index (χ4n) is 0.763. The monoisotopic (exact) mass is 117 g/mol. The highest BCUT2D eigenvalue weighted by Gasteiger charge is 1.97. The minimum Gasteiger partial charge on any atom is -0.244 e. The molecule has 0 rings (SSSR count). The zero-order valence-corrected chi connectivity index (χ0v) is 5.65. The summed E-state index contributed by atoms with van der Waals surface area (Å²) >= 11 is 0. The van der Waals surface area contributed by atoms with Crippen molar-refractivity contribution in [3.8, 4) is 0 Å². The number of hydrogen-bond acceptors (Lipinski definition) is 0. The van der Waals surface area contributed by atoms with Crippen molar-refractivity contribution in [3.63, 3.8) is 0 Å². The van der Waals surface area contributed by atoms with Crippen LogP contribution in [-0.2, 0) is 0 Å². The van der Waals surface area contributed by atoms with Gasteiger partial charge in [-0.2, -0.15) is 0 Å². The van der Waals surface area contributed by atoms with Gasteiger partial charge >= 0.3 is 0 Å². The Morgan fingerprint density at radius 3 is 2.62 bits per heavy atom. The fraction of sp³-hybridized carbons (Fsp3) is 0.857. The Balaban J connectivity index is 2.92. The molecule has 0 heterocycles. The summed E-state index contributed by atoms with van der Waals surface area (Å²) in [6.45, 7) is 4.94. The van der Waals surface area contributed by atoms with E-state index in [0.29, 0.717) is 12.3 Å². The van der Waals surface area contributed by atoms with Gasteiger partial charge in [0.2, 0.25) is 0 Å². The number of hydrogen-bond donors (Lipinski definition) is 0. The Morgan fingerprint density at radius 2 is 2.25 bits per heavy atom. The first-order valence-electron chi connectivity index (χ1n) is 3.23. The summed E-state index contributed by atoms with van der Waals surface area (Å²) in [7, 11) is 0. The van der Waals surface area contributed by atoms with Crippen molar-refractivity contribution in [2.75, 3.05) is 0 Å². The number of rotatable bonds is 4. The lowest BCUT2D eigenvalue weighted by atomic mass is 10.0. The summed E-state index contributed by atoms with van der Waals surface area (Å²) < 4.78 is 11.4. The van der Waals surface area contributed by atoms with Crippen LogP contribution in [0, 0.1) is 12.6 Å². The van der Waals surface area contributed by atoms with Crippen LogP contribution in [-0.4, -0.2) is 0 Å². The van der Waals surface area contributed by atoms with Gasteiger partial charge in [-0.1, -0.05) is 26.7 Å². The van der Waals surface area contributed by atoms with E-state index in [2.05, 4.69) is 13.8 Å². The van der Waals surface area contributed by atoms with Gasteiger partial charge in [0.25, 0.3) is 0 Å². The van der Waals surface area contributed by atoms with Crippen LogP contribution in [0.3, 0.4) is 0 Å². The van der Waals surface area contributed by atoms with Crippen LogP contribution < -0.4 is 0 Å². The molecule has 1 heteroatoms. The van der Waals surface area contributed by atoms with Crippen LogP contribution in [0.25, 0.3) is 0 Å². The zero-order valence-electron chi connectivity index (χ0n) is 5.65. The van der Waals surface area contributed by atoms with Crippen LogP contribution in [0.2, 0.25) is 0 Å². The molecule has 0 N–H and O–H groups in total. The molecular formula is C7H14F. The van der Waals surface area contributed by atoms with E-state index in [0.717, 1.165) is 19.5 Å². The van der Waals surface area contributed by atoms with Crippen LogP contribution in [0.15, 0.2) is 0 Å². The molecule has 0 aliphatic carbocycles. The van der Waals surface area contributed by atoms with Gasteiger partial charge in [0.05, 0.1) is 0 Å². The normalized spacial score (nSPS) is 13.9. The topological polar surface area (TPSA) is 0 Å². The highest BCUT2D eigenvalue weighted by atomic mass is 19.1. The average Bonchev–Trinajstić information content (AvgIpc) is 1.68. The predicted octanol–water partition coefficient (Wildman–Crippen LogP) is 2.94. The van der Waals surface area contributed by atoms with Gasteiger partial charge in [-0.3, -0.25) is 0 Å². The SMILES string of the molecule is CCCC(C)C[CH]F. The second-order valence-electron chi connectivity index (χ2n) is 2.28. The summed E-state index contributed by atoms with van der Waals surface area (Å²) in [4.78, 5) is 0. The molecule has 0 amide bonds. The molecular weight excluding hydrogens is 103 g/mol. The molecule has 0 saturated heterocycles. The van der Waals surface area contributed by atoms with E-state index in [1.165, 1.54) is 0 Å². The third-order valence-corrected chi connectivity index (χ3v) is 1.27. The molecule has 1 atom stereocenters. The molecule has 0 spiro atoms. The minimum atomic E-state index is 0.532. The van der Waals surface area contributed by atoms with Gasteiger partial charge in [-0.05, 0) is 12.3 Å². The Kier molecular flexibility index (Phi) is 5.03. The second-order valence-corrected chi connectivity index (χ2v) is 2.28. The maximum Gasteiger partial charge on any atom is 0.131 e. The van der Waals surface area contributed by atoms with Crippen LogP contribution >= 0.6 is 0 Å². The van der Waals surface area contributed by atoms with Crippen molar-refractivity contribution in [1.29, 1.82) is 0 Å². The van der Waals surface area contributed by atoms with Crippen molar-refractivity contribution in [3.05, 3.63) is 6.67 Å². The zero-order chi connectivity index (χ0) is 6.41. The molecule has 0 fully saturated rings. The van der Waals surface area contributed by atoms with E-state index >= 15 is 0 Å². The first kappa shape index (κ1) is 7.93. The largest absolute Gasteiger partial charge is 0.244 e. The standard InChI is InChI=1S/C7H14F/c1-3-4-7(2)5-6-8/h6-7H,3-5H2,1-2H3. The van der Waals surface area contributed by atoms with Crippen molar-refractivity contribution in [2.24, 2.45) is 5.92 Å². The van der Waals surface area contributed by atoms with E-state index in [4.69, 9.17) is 0 Å². The van der Waals surface area contributed by atoms with Crippen molar-refractivity contribution < 1.29 is 4.39 Å². The summed E-state index contributed by atoms with van der Waals surface area (Å²) in [6.07, 6.45) is 2.92. The molecule has 0 aliphatic rings. The lowest BCUT2D eigenvalue weighted by molar-refractivity contribution is 0.451. The molecule has 1 radical (unpaired) electrons. The van der Waals surface area contributed by atoms with Gasteiger partial charge in [0, 0.05) is 0 Å². The lowest BCUT2D eigenvalue weighted by Gasteiger charge is -2.03. The molecule has 0 aliphatic heterocycles. The molecule has 0 aromatic rings. The van der Waals surface area contributed by atoms with Crippen LogP contribution in [0.4, 0.5) is 4.39 Å². The molecule has 0 aromatic carbocycles. The Hall–Kier alpha value is -0.0700. The van der Waals surface area contributed by atoms with E-state index < -0.39 is 0 Å². The maximum absolute atomic E-state index is 11.4. The number of halogens is 1. The van der Waals surface area contributed by atoms with Gasteiger partial charge in [-0.25, -0.2) is 4.39 Å². The smallest absolute Gasteiger partial charge is 0.131 e. The van der Waals surface area contributed by atoms with Crippen molar-refractivity contribution in [1.82, 2.24) is 0 Å². The average molecular weight is 117 g/mol. The predicted molar refractivity (Wildman–Crippen MR) is 34.1 cm³/mol. The van der Waals surface area contributed by atoms with Crippen molar-refractivity contribution in [2.45, 2.75) is 33.1 Å². The van der Waals surface area contributed by atoms with Gasteiger partial charge in [0.1, 0.15) is 6.67 Å². The first-order chi connectivity index (χ1) is 3.81. The maximum atomic E-state index is 11.4. The van der Waals surface area contributed by atoms with Gasteiger partial charge in [-0.15, -0.1) is 0 Å². The second kappa shape index (κ2) is 5.07. The highest BCUT2D eigenvalue weighted by molar-refractivity contribution is 4.56. The summed E-state index contributed by atoms with van der Waals surface area (Å²) in [5.41, 5.74) is 0. The molecule has 0 bridgehead atoms. The van der Waals surface area contributed by atoms with Crippen LogP contribution in [0.1, 0.15) is 33.1 Å². The van der Waals surface area contributed by atoms with Gasteiger partial charge in [0.15, 0.2) is 0 Å². The molecule has 0 saturated carbocycles. The third kappa shape index (κ3) is 4.10. The molecule has 8 heavy (non-hydrogen) atoms. The summed E-state index contributed by atoms with van der Waals surface area (Å²) in [6, 6.07) is 0. The van der Waals surface area contributed by atoms with E-state index in [1.807, 2.05) is 0 Å². The Bertz CT molecular complexity index is 37.7. The first-order valence-corrected chi connectivity index (χ1v) is 3.23. The van der Waals surface area contributed by atoms with Crippen molar-refractivity contribution >= 4 is 0 Å².